The van der Waals surface area contributed by atoms with Crippen LogP contribution in [0.25, 0.3) is 0 Å². The number of sulfonamides is 1. The second-order valence-electron chi connectivity index (χ2n) is 11.4. The fraction of sp³-hybridized carbons (Fsp3) is 0.286. The number of aryl methyl sites for hydroxylation is 1. The number of fused-ring (bicyclic) bond motifs is 1. The van der Waals surface area contributed by atoms with Gasteiger partial charge >= 0.3 is 0 Å². The lowest BCUT2D eigenvalue weighted by Gasteiger charge is -2.38. The van der Waals surface area contributed by atoms with Crippen LogP contribution >= 0.6 is 0 Å². The molecule has 0 spiro atoms. The minimum Gasteiger partial charge on any atom is -0.497 e. The fourth-order valence-corrected chi connectivity index (χ4v) is 7.73. The summed E-state index contributed by atoms with van der Waals surface area (Å²) in [5, 5.41) is 2.88. The zero-order chi connectivity index (χ0) is 31.4. The molecule has 4 aromatic rings. The number of hydrogen-bond donors (Lipinski definition) is 2. The molecule has 1 aliphatic carbocycles. The lowest BCUT2D eigenvalue weighted by atomic mass is 9.88. The van der Waals surface area contributed by atoms with E-state index in [-0.39, 0.29) is 29.1 Å². The zero-order valence-corrected chi connectivity index (χ0v) is 26.0. The van der Waals surface area contributed by atoms with Crippen molar-refractivity contribution >= 4 is 33.0 Å². The summed E-state index contributed by atoms with van der Waals surface area (Å²) in [5.41, 5.74) is 4.44. The molecule has 45 heavy (non-hydrogen) atoms. The zero-order valence-electron chi connectivity index (χ0n) is 25.2. The molecule has 2 aliphatic rings. The highest BCUT2D eigenvalue weighted by molar-refractivity contribution is 7.89. The third-order valence-electron chi connectivity index (χ3n) is 8.54. The Labute approximate surface area is 263 Å². The molecule has 8 nitrogen and oxygen atoms in total. The maximum Gasteiger partial charge on any atom is 0.243 e. The average molecular weight is 629 g/mol. The van der Waals surface area contributed by atoms with Crippen LogP contribution in [0.4, 0.5) is 21.5 Å². The van der Waals surface area contributed by atoms with Crippen molar-refractivity contribution in [1.82, 2.24) is 4.72 Å². The molecule has 6 rings (SSSR count). The van der Waals surface area contributed by atoms with Gasteiger partial charge in [0.05, 0.1) is 24.9 Å². The number of rotatable bonds is 9. The number of para-hydroxylation sites is 1. The monoisotopic (exact) mass is 628 g/mol. The van der Waals surface area contributed by atoms with Gasteiger partial charge in [-0.2, -0.15) is 0 Å². The molecule has 0 radical (unpaired) electrons. The first-order chi connectivity index (χ1) is 21.8. The molecule has 1 aliphatic heterocycles. The van der Waals surface area contributed by atoms with Crippen LogP contribution < -0.4 is 24.6 Å². The van der Waals surface area contributed by atoms with E-state index in [1.54, 1.807) is 49.6 Å². The summed E-state index contributed by atoms with van der Waals surface area (Å²) in [6.45, 7) is 2.08. The minimum absolute atomic E-state index is 0.104. The van der Waals surface area contributed by atoms with Gasteiger partial charge in [0.25, 0.3) is 0 Å². The van der Waals surface area contributed by atoms with Gasteiger partial charge in [-0.25, -0.2) is 17.5 Å². The Balaban J connectivity index is 1.26. The molecule has 1 atom stereocenters. The van der Waals surface area contributed by atoms with E-state index in [1.165, 1.54) is 6.07 Å². The molecule has 0 saturated carbocycles. The van der Waals surface area contributed by atoms with E-state index in [2.05, 4.69) is 16.1 Å². The van der Waals surface area contributed by atoms with E-state index < -0.39 is 10.0 Å². The molecule has 0 bridgehead atoms. The number of amides is 1. The predicted molar refractivity (Wildman–Crippen MR) is 175 cm³/mol. The van der Waals surface area contributed by atoms with Gasteiger partial charge in [0.2, 0.25) is 15.9 Å². The maximum atomic E-state index is 14.5. The Morgan fingerprint density at radius 1 is 0.889 bits per heavy atom. The average Bonchev–Trinajstić information content (AvgIpc) is 3.05. The highest BCUT2D eigenvalue weighted by atomic mass is 32.2. The lowest BCUT2D eigenvalue weighted by molar-refractivity contribution is -0.115. The van der Waals surface area contributed by atoms with Gasteiger partial charge in [0, 0.05) is 37.9 Å². The van der Waals surface area contributed by atoms with Gasteiger partial charge in [-0.05, 0) is 78.4 Å². The van der Waals surface area contributed by atoms with Crippen molar-refractivity contribution < 1.29 is 22.3 Å². The van der Waals surface area contributed by atoms with Crippen LogP contribution in [0.1, 0.15) is 35.6 Å². The molecule has 0 aromatic heterocycles. The second kappa shape index (κ2) is 13.3. The first-order valence-corrected chi connectivity index (χ1v) is 16.7. The number of anilines is 3. The highest BCUT2D eigenvalue weighted by Crippen LogP contribution is 2.35. The molecule has 10 heteroatoms. The number of ether oxygens (including phenoxy) is 1. The van der Waals surface area contributed by atoms with E-state index in [4.69, 9.17) is 4.74 Å². The summed E-state index contributed by atoms with van der Waals surface area (Å²) >= 11 is 0. The SMILES string of the molecule is COc1ccc(CC(=O)Nc2ccc(N3CCN(c4ccccc4F)CC3)c(S(=O)(=O)N[C@H]3CCCc4ccccc43)c2)cc1. The molecule has 1 fully saturated rings. The van der Waals surface area contributed by atoms with Crippen LogP contribution in [0.2, 0.25) is 0 Å². The summed E-state index contributed by atoms with van der Waals surface area (Å²) in [7, 11) is -2.43. The first-order valence-electron chi connectivity index (χ1n) is 15.2. The Bertz CT molecular complexity index is 1770. The van der Waals surface area contributed by atoms with Crippen molar-refractivity contribution in [3.63, 3.8) is 0 Å². The topological polar surface area (TPSA) is 91.0 Å². The number of halogens is 1. The lowest BCUT2D eigenvalue weighted by Crippen LogP contribution is -2.47. The maximum absolute atomic E-state index is 14.5. The summed E-state index contributed by atoms with van der Waals surface area (Å²) in [5.74, 6) is 0.164. The van der Waals surface area contributed by atoms with Gasteiger partial charge in [0.1, 0.15) is 16.5 Å². The molecule has 1 heterocycles. The predicted octanol–water partition coefficient (Wildman–Crippen LogP) is 5.70. The van der Waals surface area contributed by atoms with Crippen LogP contribution in [0, 0.1) is 5.82 Å². The van der Waals surface area contributed by atoms with E-state index in [9.17, 15) is 17.6 Å². The van der Waals surface area contributed by atoms with Gasteiger partial charge < -0.3 is 19.9 Å². The largest absolute Gasteiger partial charge is 0.497 e. The quantitative estimate of drug-likeness (QED) is 0.247. The van der Waals surface area contributed by atoms with E-state index in [0.717, 1.165) is 29.5 Å². The number of methoxy groups -OCH3 is 1. The molecule has 4 aromatic carbocycles. The Morgan fingerprint density at radius 3 is 2.31 bits per heavy atom. The fourth-order valence-electron chi connectivity index (χ4n) is 6.23. The molecular weight excluding hydrogens is 591 g/mol. The van der Waals surface area contributed by atoms with Crippen molar-refractivity contribution in [2.24, 2.45) is 0 Å². The Morgan fingerprint density at radius 2 is 1.58 bits per heavy atom. The molecule has 234 valence electrons. The number of carbonyl (C=O) groups excluding carboxylic acids is 1. The van der Waals surface area contributed by atoms with Crippen molar-refractivity contribution in [3.05, 3.63) is 114 Å². The Kier molecular flexibility index (Phi) is 9.04. The van der Waals surface area contributed by atoms with Crippen molar-refractivity contribution in [2.75, 3.05) is 48.4 Å². The van der Waals surface area contributed by atoms with Crippen LogP contribution in [0.15, 0.2) is 95.9 Å². The van der Waals surface area contributed by atoms with Crippen molar-refractivity contribution in [2.45, 2.75) is 36.6 Å². The molecule has 0 unspecified atom stereocenters. The van der Waals surface area contributed by atoms with Gasteiger partial charge in [0.15, 0.2) is 0 Å². The molecule has 1 saturated heterocycles. The van der Waals surface area contributed by atoms with Crippen LogP contribution in [-0.2, 0) is 27.7 Å². The van der Waals surface area contributed by atoms with E-state index in [1.807, 2.05) is 46.2 Å². The molecule has 2 N–H and O–H groups in total. The number of hydrogen-bond acceptors (Lipinski definition) is 6. The molecule has 1 amide bonds. The van der Waals surface area contributed by atoms with Gasteiger partial charge in [-0.15, -0.1) is 0 Å². The minimum atomic E-state index is -4.01. The third-order valence-corrected chi connectivity index (χ3v) is 10.0. The van der Waals surface area contributed by atoms with Crippen LogP contribution in [0.3, 0.4) is 0 Å². The van der Waals surface area contributed by atoms with Crippen molar-refractivity contribution in [3.8, 4) is 5.75 Å². The Hall–Kier alpha value is -4.41. The van der Waals surface area contributed by atoms with Crippen LogP contribution in [0.5, 0.6) is 5.75 Å². The normalized spacial score (nSPS) is 16.6. The highest BCUT2D eigenvalue weighted by Gasteiger charge is 2.30. The standard InChI is InChI=1S/C35H37FN4O4S/c1-44-28-16-13-25(14-17-28)23-35(41)37-27-15-18-33(40-21-19-39(20-22-40)32-12-5-4-10-30(32)36)34(24-27)45(42,43)38-31-11-6-8-26-7-2-3-9-29(26)31/h2-5,7,9-10,12-18,24,31,38H,6,8,11,19-23H2,1H3,(H,37,41)/t31-/m0/s1. The number of nitrogens with zero attached hydrogens (tertiary/aromatic N) is 2. The smallest absolute Gasteiger partial charge is 0.243 e. The van der Waals surface area contributed by atoms with Gasteiger partial charge in [-0.3, -0.25) is 4.79 Å². The third kappa shape index (κ3) is 6.97. The van der Waals surface area contributed by atoms with E-state index in [0.29, 0.717) is 55.4 Å². The summed E-state index contributed by atoms with van der Waals surface area (Å²) in [4.78, 5) is 17.1. The molecular formula is C35H37FN4O4S. The van der Waals surface area contributed by atoms with Crippen LogP contribution in [-0.4, -0.2) is 47.6 Å². The number of carbonyl (C=O) groups is 1. The summed E-state index contributed by atoms with van der Waals surface area (Å²) in [6, 6.07) is 26.6. The summed E-state index contributed by atoms with van der Waals surface area (Å²) < 4.78 is 51.0. The first kappa shape index (κ1) is 30.6. The number of benzene rings is 4. The number of piperazine rings is 1. The summed E-state index contributed by atoms with van der Waals surface area (Å²) in [6.07, 6.45) is 2.63. The second-order valence-corrected chi connectivity index (χ2v) is 13.1. The van der Waals surface area contributed by atoms with Gasteiger partial charge in [-0.1, -0.05) is 48.5 Å². The van der Waals surface area contributed by atoms with Crippen molar-refractivity contribution in [1.29, 1.82) is 0 Å². The number of nitrogens with one attached hydrogen (secondary N) is 2. The van der Waals surface area contributed by atoms with E-state index >= 15 is 0 Å².